The molecule has 1 aliphatic heterocycles. The van der Waals surface area contributed by atoms with Crippen molar-refractivity contribution in [3.63, 3.8) is 0 Å². The first-order chi connectivity index (χ1) is 2.93. The maximum absolute atomic E-state index is 8.35. The van der Waals surface area contributed by atoms with Crippen molar-refractivity contribution in [3.05, 3.63) is 0 Å². The standard InChI is InChI=1S/C3H6OS2/c4-1-3-2-5-6-3/h3-4H,1-2H2. The average molecular weight is 122 g/mol. The Bertz CT molecular complexity index is 41.3. The first-order valence-corrected chi connectivity index (χ1v) is 4.21. The minimum absolute atomic E-state index is 0.359. The van der Waals surface area contributed by atoms with Crippen LogP contribution in [-0.4, -0.2) is 22.7 Å². The molecule has 1 atom stereocenters. The lowest BCUT2D eigenvalue weighted by Crippen LogP contribution is -2.16. The minimum Gasteiger partial charge on any atom is -0.395 e. The van der Waals surface area contributed by atoms with Gasteiger partial charge in [0.25, 0.3) is 0 Å². The van der Waals surface area contributed by atoms with E-state index < -0.39 is 0 Å². The van der Waals surface area contributed by atoms with Crippen molar-refractivity contribution in [3.8, 4) is 0 Å². The van der Waals surface area contributed by atoms with Crippen LogP contribution in [0.5, 0.6) is 0 Å². The van der Waals surface area contributed by atoms with Gasteiger partial charge in [0.2, 0.25) is 0 Å². The highest BCUT2D eigenvalue weighted by Crippen LogP contribution is 2.39. The third kappa shape index (κ3) is 0.832. The lowest BCUT2D eigenvalue weighted by atomic mass is 10.5. The molecule has 1 heterocycles. The minimum atomic E-state index is 0.359. The van der Waals surface area contributed by atoms with E-state index in [4.69, 9.17) is 5.11 Å². The molecule has 3 heteroatoms. The van der Waals surface area contributed by atoms with Crippen LogP contribution in [0.2, 0.25) is 0 Å². The van der Waals surface area contributed by atoms with Gasteiger partial charge < -0.3 is 5.11 Å². The second kappa shape index (κ2) is 2.09. The Labute approximate surface area is 44.9 Å². The highest BCUT2D eigenvalue weighted by atomic mass is 33.1. The zero-order valence-electron chi connectivity index (χ0n) is 3.26. The smallest absolute Gasteiger partial charge is 0.0566 e. The molecule has 1 unspecified atom stereocenters. The van der Waals surface area contributed by atoms with E-state index in [2.05, 4.69) is 0 Å². The van der Waals surface area contributed by atoms with Gasteiger partial charge in [-0.25, -0.2) is 0 Å². The fourth-order valence-corrected chi connectivity index (χ4v) is 1.91. The molecule has 0 aliphatic carbocycles. The van der Waals surface area contributed by atoms with Crippen LogP contribution in [-0.2, 0) is 0 Å². The van der Waals surface area contributed by atoms with Gasteiger partial charge >= 0.3 is 0 Å². The van der Waals surface area contributed by atoms with Crippen molar-refractivity contribution in [2.75, 3.05) is 12.4 Å². The first kappa shape index (κ1) is 4.81. The summed E-state index contributed by atoms with van der Waals surface area (Å²) >= 11 is 0. The van der Waals surface area contributed by atoms with Crippen LogP contribution in [0.15, 0.2) is 0 Å². The molecule has 6 heavy (non-hydrogen) atoms. The Hall–Kier alpha value is 0.660. The molecular formula is C3H6OS2. The molecule has 36 valence electrons. The summed E-state index contributed by atoms with van der Waals surface area (Å²) in [6, 6.07) is 0. The molecular weight excluding hydrogens is 116 g/mol. The van der Waals surface area contributed by atoms with Gasteiger partial charge in [0.1, 0.15) is 0 Å². The molecule has 0 bridgehead atoms. The van der Waals surface area contributed by atoms with E-state index in [-0.39, 0.29) is 0 Å². The van der Waals surface area contributed by atoms with Gasteiger partial charge in [-0.2, -0.15) is 0 Å². The monoisotopic (exact) mass is 122 g/mol. The summed E-state index contributed by atoms with van der Waals surface area (Å²) in [5.41, 5.74) is 0. The van der Waals surface area contributed by atoms with Crippen molar-refractivity contribution in [2.24, 2.45) is 0 Å². The van der Waals surface area contributed by atoms with Crippen LogP contribution in [0.25, 0.3) is 0 Å². The fourth-order valence-electron chi connectivity index (χ4n) is 0.247. The van der Waals surface area contributed by atoms with Crippen molar-refractivity contribution in [1.29, 1.82) is 0 Å². The highest BCUT2D eigenvalue weighted by molar-refractivity contribution is 8.79. The van der Waals surface area contributed by atoms with Crippen LogP contribution < -0.4 is 0 Å². The maximum atomic E-state index is 8.35. The average Bonchev–Trinajstić information content (AvgIpc) is 1.31. The molecule has 0 aromatic rings. The van der Waals surface area contributed by atoms with Crippen LogP contribution >= 0.6 is 21.6 Å². The molecule has 1 nitrogen and oxygen atoms in total. The van der Waals surface area contributed by atoms with Gasteiger partial charge in [-0.15, -0.1) is 0 Å². The van der Waals surface area contributed by atoms with E-state index in [0.29, 0.717) is 11.9 Å². The zero-order valence-corrected chi connectivity index (χ0v) is 4.89. The van der Waals surface area contributed by atoms with Crippen LogP contribution in [0.1, 0.15) is 0 Å². The summed E-state index contributed by atoms with van der Waals surface area (Å²) in [5, 5.41) is 8.90. The topological polar surface area (TPSA) is 20.2 Å². The molecule has 0 aromatic heterocycles. The third-order valence-electron chi connectivity index (χ3n) is 0.662. The molecule has 1 N–H and O–H groups in total. The summed E-state index contributed by atoms with van der Waals surface area (Å²) in [7, 11) is 3.60. The first-order valence-electron chi connectivity index (χ1n) is 1.82. The SMILES string of the molecule is OCC1CSS1. The van der Waals surface area contributed by atoms with Crippen molar-refractivity contribution < 1.29 is 5.11 Å². The molecule has 1 rings (SSSR count). The van der Waals surface area contributed by atoms with Gasteiger partial charge in [0, 0.05) is 11.0 Å². The summed E-state index contributed by atoms with van der Waals surface area (Å²) in [4.78, 5) is 0. The van der Waals surface area contributed by atoms with E-state index in [1.54, 1.807) is 10.8 Å². The second-order valence-electron chi connectivity index (χ2n) is 1.19. The summed E-state index contributed by atoms with van der Waals surface area (Å²) < 4.78 is 0. The van der Waals surface area contributed by atoms with Gasteiger partial charge in [-0.1, -0.05) is 21.6 Å². The maximum Gasteiger partial charge on any atom is 0.0566 e. The summed E-state index contributed by atoms with van der Waals surface area (Å²) in [6.45, 7) is 0.359. The van der Waals surface area contributed by atoms with Gasteiger partial charge in [-0.05, 0) is 0 Å². The Balaban J connectivity index is 2.01. The van der Waals surface area contributed by atoms with Crippen LogP contribution in [0, 0.1) is 0 Å². The molecule has 0 amide bonds. The number of hydrogen-bond acceptors (Lipinski definition) is 3. The van der Waals surface area contributed by atoms with Gasteiger partial charge in [0.15, 0.2) is 0 Å². The summed E-state index contributed by atoms with van der Waals surface area (Å²) in [5.74, 6) is 1.14. The lowest BCUT2D eigenvalue weighted by Gasteiger charge is -2.19. The number of rotatable bonds is 1. The Morgan fingerprint density at radius 3 is 2.50 bits per heavy atom. The van der Waals surface area contributed by atoms with E-state index in [9.17, 15) is 0 Å². The Morgan fingerprint density at radius 2 is 2.50 bits per heavy atom. The Kier molecular flexibility index (Phi) is 1.68. The van der Waals surface area contributed by atoms with Crippen LogP contribution in [0.3, 0.4) is 0 Å². The molecule has 1 fully saturated rings. The number of aliphatic hydroxyl groups is 1. The predicted molar refractivity (Wildman–Crippen MR) is 30.9 cm³/mol. The third-order valence-corrected chi connectivity index (χ3v) is 3.77. The van der Waals surface area contributed by atoms with E-state index in [1.165, 1.54) is 0 Å². The van der Waals surface area contributed by atoms with E-state index in [0.717, 1.165) is 5.75 Å². The van der Waals surface area contributed by atoms with Gasteiger partial charge in [0.05, 0.1) is 6.61 Å². The molecule has 0 radical (unpaired) electrons. The normalized spacial score (nSPS) is 32.5. The predicted octanol–water partition coefficient (Wildman–Crippen LogP) is 0.742. The number of hydrogen-bond donors (Lipinski definition) is 1. The molecule has 1 saturated heterocycles. The fraction of sp³-hybridized carbons (Fsp3) is 1.00. The Morgan fingerprint density at radius 1 is 1.83 bits per heavy atom. The zero-order chi connectivity index (χ0) is 4.41. The summed E-state index contributed by atoms with van der Waals surface area (Å²) in [6.07, 6.45) is 0. The van der Waals surface area contributed by atoms with Gasteiger partial charge in [-0.3, -0.25) is 0 Å². The lowest BCUT2D eigenvalue weighted by molar-refractivity contribution is 0.301. The quantitative estimate of drug-likeness (QED) is 0.518. The molecule has 0 saturated carbocycles. The molecule has 1 aliphatic rings. The van der Waals surface area contributed by atoms with E-state index >= 15 is 0 Å². The number of aliphatic hydroxyl groups excluding tert-OH is 1. The highest BCUT2D eigenvalue weighted by Gasteiger charge is 2.16. The molecule has 0 spiro atoms. The van der Waals surface area contributed by atoms with Crippen LogP contribution in [0.4, 0.5) is 0 Å². The van der Waals surface area contributed by atoms with Crippen molar-refractivity contribution >= 4 is 21.6 Å². The van der Waals surface area contributed by atoms with Crippen molar-refractivity contribution in [2.45, 2.75) is 5.25 Å². The largest absolute Gasteiger partial charge is 0.395 e. The molecule has 0 aromatic carbocycles. The van der Waals surface area contributed by atoms with Crippen molar-refractivity contribution in [1.82, 2.24) is 0 Å². The van der Waals surface area contributed by atoms with E-state index in [1.807, 2.05) is 10.8 Å². The second-order valence-corrected chi connectivity index (χ2v) is 3.90.